The van der Waals surface area contributed by atoms with Crippen LogP contribution < -0.4 is 0 Å². The molecule has 4 rings (SSSR count). The van der Waals surface area contributed by atoms with Crippen molar-refractivity contribution in [2.24, 2.45) is 0 Å². The first-order valence-electron chi connectivity index (χ1n) is 6.76. The minimum Gasteiger partial charge on any atom is -0.369 e. The van der Waals surface area contributed by atoms with Gasteiger partial charge in [-0.15, -0.1) is 0 Å². The van der Waals surface area contributed by atoms with E-state index in [2.05, 4.69) is 24.3 Å². The van der Waals surface area contributed by atoms with Gasteiger partial charge >= 0.3 is 0 Å². The van der Waals surface area contributed by atoms with E-state index in [-0.39, 0.29) is 11.7 Å². The topological polar surface area (TPSA) is 18.5 Å². The fraction of sp³-hybridized carbons (Fsp3) is 0.600. The smallest absolute Gasteiger partial charge is 0.112 e. The molecule has 2 aliphatic carbocycles. The highest BCUT2D eigenvalue weighted by Gasteiger charge is 2.56. The van der Waals surface area contributed by atoms with Crippen LogP contribution in [0.3, 0.4) is 0 Å². The molecule has 1 spiro atoms. The average Bonchev–Trinajstić information content (AvgIpc) is 2.69. The molecule has 3 aliphatic rings. The Morgan fingerprint density at radius 3 is 2.88 bits per heavy atom. The molecule has 0 unspecified atom stereocenters. The van der Waals surface area contributed by atoms with Crippen LogP contribution in [0, 0.1) is 0 Å². The number of fused-ring (bicyclic) bond motifs is 3. The van der Waals surface area contributed by atoms with E-state index in [9.17, 15) is 0 Å². The van der Waals surface area contributed by atoms with Gasteiger partial charge in [-0.25, -0.2) is 0 Å². The summed E-state index contributed by atoms with van der Waals surface area (Å²) in [4.78, 5) is 0. The van der Waals surface area contributed by atoms with Crippen molar-refractivity contribution in [1.29, 1.82) is 0 Å². The Kier molecular flexibility index (Phi) is 2.12. The highest BCUT2D eigenvalue weighted by molar-refractivity contribution is 5.43. The molecular weight excluding hydrogens is 212 g/mol. The van der Waals surface area contributed by atoms with Gasteiger partial charge in [0.25, 0.3) is 0 Å². The molecule has 2 fully saturated rings. The molecule has 0 bridgehead atoms. The SMILES string of the molecule is c1ccc2c(c1)[C@H]1CCCC[C@]13OCCO[C@H]23. The van der Waals surface area contributed by atoms with Crippen molar-refractivity contribution in [1.82, 2.24) is 0 Å². The van der Waals surface area contributed by atoms with Gasteiger partial charge in [-0.3, -0.25) is 0 Å². The molecule has 1 saturated heterocycles. The Hall–Kier alpha value is -0.860. The maximum atomic E-state index is 6.25. The van der Waals surface area contributed by atoms with Crippen molar-refractivity contribution >= 4 is 0 Å². The van der Waals surface area contributed by atoms with Crippen molar-refractivity contribution in [3.8, 4) is 0 Å². The Labute approximate surface area is 102 Å². The van der Waals surface area contributed by atoms with Crippen LogP contribution in [-0.4, -0.2) is 18.8 Å². The van der Waals surface area contributed by atoms with Crippen LogP contribution in [0.25, 0.3) is 0 Å². The third-order valence-corrected chi connectivity index (χ3v) is 4.74. The molecule has 0 amide bonds. The van der Waals surface area contributed by atoms with Crippen LogP contribution in [0.4, 0.5) is 0 Å². The Bertz CT molecular complexity index is 399. The van der Waals surface area contributed by atoms with E-state index in [0.29, 0.717) is 5.92 Å². The highest BCUT2D eigenvalue weighted by atomic mass is 16.6. The number of rotatable bonds is 0. The summed E-state index contributed by atoms with van der Waals surface area (Å²) in [5.74, 6) is 0.567. The van der Waals surface area contributed by atoms with Crippen molar-refractivity contribution in [2.75, 3.05) is 13.2 Å². The lowest BCUT2D eigenvalue weighted by Crippen LogP contribution is -2.47. The highest BCUT2D eigenvalue weighted by Crippen LogP contribution is 2.59. The van der Waals surface area contributed by atoms with Gasteiger partial charge in [0.2, 0.25) is 0 Å². The van der Waals surface area contributed by atoms with Gasteiger partial charge in [-0.05, 0) is 24.0 Å². The minimum atomic E-state index is -0.0276. The normalized spacial score (nSPS) is 39.3. The summed E-state index contributed by atoms with van der Waals surface area (Å²) in [5.41, 5.74) is 2.85. The third kappa shape index (κ3) is 1.23. The predicted octanol–water partition coefficient (Wildman–Crippen LogP) is 3.18. The second kappa shape index (κ2) is 3.56. The zero-order chi connectivity index (χ0) is 11.3. The molecule has 3 atom stereocenters. The van der Waals surface area contributed by atoms with Crippen molar-refractivity contribution in [3.05, 3.63) is 35.4 Å². The number of hydrogen-bond acceptors (Lipinski definition) is 2. The Balaban J connectivity index is 1.88. The first kappa shape index (κ1) is 10.1. The van der Waals surface area contributed by atoms with Gasteiger partial charge in [-0.2, -0.15) is 0 Å². The van der Waals surface area contributed by atoms with E-state index in [0.717, 1.165) is 19.6 Å². The second-order valence-corrected chi connectivity index (χ2v) is 5.48. The second-order valence-electron chi connectivity index (χ2n) is 5.48. The first-order chi connectivity index (χ1) is 8.42. The van der Waals surface area contributed by atoms with Crippen LogP contribution in [0.1, 0.15) is 48.8 Å². The third-order valence-electron chi connectivity index (χ3n) is 4.74. The molecule has 1 aromatic carbocycles. The van der Waals surface area contributed by atoms with E-state index in [1.165, 1.54) is 30.4 Å². The molecule has 2 nitrogen and oxygen atoms in total. The van der Waals surface area contributed by atoms with Crippen LogP contribution in [-0.2, 0) is 9.47 Å². The van der Waals surface area contributed by atoms with E-state index < -0.39 is 0 Å². The maximum Gasteiger partial charge on any atom is 0.112 e. The standard InChI is InChI=1S/C15H18O2/c1-2-6-12-11(5-1)13-7-3-4-8-15(13)14(12)16-9-10-17-15/h1-2,5-6,13-14H,3-4,7-10H2/t13-,14-,15+/m1/s1. The average molecular weight is 230 g/mol. The fourth-order valence-electron chi connectivity index (χ4n) is 4.11. The van der Waals surface area contributed by atoms with Gasteiger partial charge < -0.3 is 9.47 Å². The lowest BCUT2D eigenvalue weighted by Gasteiger charge is -2.46. The summed E-state index contributed by atoms with van der Waals surface area (Å²) >= 11 is 0. The molecule has 1 aromatic rings. The van der Waals surface area contributed by atoms with Gasteiger partial charge in [-0.1, -0.05) is 37.1 Å². The largest absolute Gasteiger partial charge is 0.369 e. The minimum absolute atomic E-state index is 0.0276. The van der Waals surface area contributed by atoms with Gasteiger partial charge in [0.1, 0.15) is 11.7 Å². The van der Waals surface area contributed by atoms with Gasteiger partial charge in [0.05, 0.1) is 13.2 Å². The summed E-state index contributed by atoms with van der Waals surface area (Å²) in [6.07, 6.45) is 5.23. The lowest BCUT2D eigenvalue weighted by atomic mass is 9.74. The molecule has 0 aromatic heterocycles. The molecule has 0 N–H and O–H groups in total. The molecule has 1 aliphatic heterocycles. The van der Waals surface area contributed by atoms with E-state index in [4.69, 9.17) is 9.47 Å². The first-order valence-corrected chi connectivity index (χ1v) is 6.76. The lowest BCUT2D eigenvalue weighted by molar-refractivity contribution is -0.217. The predicted molar refractivity (Wildman–Crippen MR) is 65.0 cm³/mol. The quantitative estimate of drug-likeness (QED) is 0.681. The fourth-order valence-corrected chi connectivity index (χ4v) is 4.11. The molecule has 2 heteroatoms. The van der Waals surface area contributed by atoms with E-state index in [1.807, 2.05) is 0 Å². The monoisotopic (exact) mass is 230 g/mol. The summed E-state index contributed by atoms with van der Waals surface area (Å²) in [6, 6.07) is 8.78. The zero-order valence-electron chi connectivity index (χ0n) is 10.0. The summed E-state index contributed by atoms with van der Waals surface area (Å²) in [6.45, 7) is 1.51. The van der Waals surface area contributed by atoms with E-state index >= 15 is 0 Å². The molecular formula is C15H18O2. The maximum absolute atomic E-state index is 6.25. The summed E-state index contributed by atoms with van der Waals surface area (Å²) < 4.78 is 12.3. The van der Waals surface area contributed by atoms with Gasteiger partial charge in [0, 0.05) is 5.92 Å². The van der Waals surface area contributed by atoms with Crippen LogP contribution in [0.2, 0.25) is 0 Å². The Morgan fingerprint density at radius 2 is 1.94 bits per heavy atom. The Morgan fingerprint density at radius 1 is 1.06 bits per heavy atom. The molecule has 90 valence electrons. The zero-order valence-corrected chi connectivity index (χ0v) is 10.0. The number of hydrogen-bond donors (Lipinski definition) is 0. The van der Waals surface area contributed by atoms with Crippen molar-refractivity contribution in [2.45, 2.75) is 43.3 Å². The van der Waals surface area contributed by atoms with Crippen molar-refractivity contribution in [3.63, 3.8) is 0 Å². The van der Waals surface area contributed by atoms with Crippen molar-refractivity contribution < 1.29 is 9.47 Å². The summed E-state index contributed by atoms with van der Waals surface area (Å²) in [7, 11) is 0. The van der Waals surface area contributed by atoms with Crippen LogP contribution in [0.15, 0.2) is 24.3 Å². The molecule has 1 heterocycles. The molecule has 0 radical (unpaired) electrons. The number of ether oxygens (including phenoxy) is 2. The van der Waals surface area contributed by atoms with E-state index in [1.54, 1.807) is 0 Å². The number of benzene rings is 1. The van der Waals surface area contributed by atoms with Crippen LogP contribution >= 0.6 is 0 Å². The van der Waals surface area contributed by atoms with Gasteiger partial charge in [0.15, 0.2) is 0 Å². The molecule has 1 saturated carbocycles. The van der Waals surface area contributed by atoms with Crippen LogP contribution in [0.5, 0.6) is 0 Å². The summed E-state index contributed by atoms with van der Waals surface area (Å²) in [5, 5.41) is 0. The molecule has 17 heavy (non-hydrogen) atoms.